The molecule has 92 valence electrons. The highest BCUT2D eigenvalue weighted by molar-refractivity contribution is 5.35. The Morgan fingerprint density at radius 3 is 2.94 bits per heavy atom. The van der Waals surface area contributed by atoms with E-state index in [9.17, 15) is 0 Å². The molecule has 1 atom stereocenters. The maximum absolute atomic E-state index is 6.13. The zero-order valence-corrected chi connectivity index (χ0v) is 10.4. The molecule has 3 N–H and O–H groups in total. The first kappa shape index (κ1) is 11.2. The van der Waals surface area contributed by atoms with Gasteiger partial charge in [0.25, 0.3) is 0 Å². The number of nitrogens with two attached hydrogens (primary N) is 1. The smallest absolute Gasteiger partial charge is 0.0297 e. The summed E-state index contributed by atoms with van der Waals surface area (Å²) in [7, 11) is 0. The van der Waals surface area contributed by atoms with Gasteiger partial charge in [-0.1, -0.05) is 18.2 Å². The van der Waals surface area contributed by atoms with Crippen LogP contribution in [0, 0.1) is 5.92 Å². The molecule has 0 bridgehead atoms. The van der Waals surface area contributed by atoms with Crippen LogP contribution in [0.1, 0.15) is 48.4 Å². The average Bonchev–Trinajstić information content (AvgIpc) is 3.13. The normalized spacial score (nSPS) is 23.5. The van der Waals surface area contributed by atoms with E-state index >= 15 is 0 Å². The van der Waals surface area contributed by atoms with Gasteiger partial charge in [-0.05, 0) is 61.3 Å². The molecule has 0 amide bonds. The van der Waals surface area contributed by atoms with Crippen molar-refractivity contribution in [3.05, 3.63) is 34.9 Å². The van der Waals surface area contributed by atoms with Crippen molar-refractivity contribution in [2.24, 2.45) is 11.7 Å². The van der Waals surface area contributed by atoms with Crippen molar-refractivity contribution in [3.8, 4) is 0 Å². The number of rotatable bonds is 4. The van der Waals surface area contributed by atoms with Crippen molar-refractivity contribution in [1.82, 2.24) is 5.32 Å². The Kier molecular flexibility index (Phi) is 3.17. The van der Waals surface area contributed by atoms with Crippen LogP contribution in [0.3, 0.4) is 0 Å². The Hall–Kier alpha value is -0.860. The summed E-state index contributed by atoms with van der Waals surface area (Å²) >= 11 is 0. The predicted octanol–water partition coefficient (Wildman–Crippen LogP) is 2.52. The number of hydrogen-bond acceptors (Lipinski definition) is 2. The molecule has 0 spiro atoms. The topological polar surface area (TPSA) is 38.0 Å². The van der Waals surface area contributed by atoms with Crippen LogP contribution in [0.15, 0.2) is 18.2 Å². The first-order chi connectivity index (χ1) is 8.33. The van der Waals surface area contributed by atoms with E-state index in [0.29, 0.717) is 0 Å². The van der Waals surface area contributed by atoms with Gasteiger partial charge >= 0.3 is 0 Å². The van der Waals surface area contributed by atoms with Gasteiger partial charge in [0, 0.05) is 12.6 Å². The van der Waals surface area contributed by atoms with Gasteiger partial charge < -0.3 is 11.1 Å². The quantitative estimate of drug-likeness (QED) is 0.834. The molecule has 2 heteroatoms. The molecule has 0 saturated heterocycles. The molecule has 0 aromatic heterocycles. The third-order valence-electron chi connectivity index (χ3n) is 4.03. The Labute approximate surface area is 104 Å². The molecule has 2 nitrogen and oxygen atoms in total. The summed E-state index contributed by atoms with van der Waals surface area (Å²) < 4.78 is 0. The van der Waals surface area contributed by atoms with E-state index in [1.54, 1.807) is 0 Å². The second kappa shape index (κ2) is 4.79. The monoisotopic (exact) mass is 230 g/mol. The summed E-state index contributed by atoms with van der Waals surface area (Å²) in [6.07, 6.45) is 6.44. The highest BCUT2D eigenvalue weighted by Crippen LogP contribution is 2.29. The Bertz CT molecular complexity index is 396. The Morgan fingerprint density at radius 2 is 2.12 bits per heavy atom. The molecule has 1 fully saturated rings. The summed E-state index contributed by atoms with van der Waals surface area (Å²) in [5.74, 6) is 0.959. The molecule has 1 unspecified atom stereocenters. The summed E-state index contributed by atoms with van der Waals surface area (Å²) in [4.78, 5) is 0. The van der Waals surface area contributed by atoms with E-state index in [1.807, 2.05) is 0 Å². The van der Waals surface area contributed by atoms with Gasteiger partial charge in [-0.15, -0.1) is 0 Å². The third-order valence-corrected chi connectivity index (χ3v) is 4.03. The largest absolute Gasteiger partial charge is 0.324 e. The Balaban J connectivity index is 1.64. The molecular weight excluding hydrogens is 208 g/mol. The zero-order chi connectivity index (χ0) is 11.7. The molecule has 1 aromatic carbocycles. The summed E-state index contributed by atoms with van der Waals surface area (Å²) in [5, 5.41) is 3.55. The maximum atomic E-state index is 6.13. The van der Waals surface area contributed by atoms with Crippen molar-refractivity contribution in [2.45, 2.75) is 44.7 Å². The van der Waals surface area contributed by atoms with Crippen LogP contribution in [-0.2, 0) is 13.0 Å². The van der Waals surface area contributed by atoms with E-state index in [2.05, 4.69) is 23.5 Å². The van der Waals surface area contributed by atoms with Gasteiger partial charge in [-0.3, -0.25) is 0 Å². The van der Waals surface area contributed by atoms with Crippen LogP contribution in [0.2, 0.25) is 0 Å². The highest BCUT2D eigenvalue weighted by atomic mass is 14.9. The summed E-state index contributed by atoms with van der Waals surface area (Å²) in [6, 6.07) is 7.11. The summed E-state index contributed by atoms with van der Waals surface area (Å²) in [6.45, 7) is 2.20. The lowest BCUT2D eigenvalue weighted by atomic mass is 9.87. The van der Waals surface area contributed by atoms with Crippen LogP contribution < -0.4 is 11.1 Å². The van der Waals surface area contributed by atoms with Gasteiger partial charge in [-0.2, -0.15) is 0 Å². The zero-order valence-electron chi connectivity index (χ0n) is 10.4. The molecule has 17 heavy (non-hydrogen) atoms. The number of aryl methyl sites for hydroxylation is 1. The lowest BCUT2D eigenvalue weighted by molar-refractivity contribution is 0.568. The number of benzene rings is 1. The SMILES string of the molecule is NC1CCCc2cc(CNCC3CC3)ccc21. The van der Waals surface area contributed by atoms with Crippen molar-refractivity contribution in [2.75, 3.05) is 6.54 Å². The van der Waals surface area contributed by atoms with Gasteiger partial charge in [0.2, 0.25) is 0 Å². The lowest BCUT2D eigenvalue weighted by Crippen LogP contribution is -2.19. The van der Waals surface area contributed by atoms with E-state index in [-0.39, 0.29) is 6.04 Å². The van der Waals surface area contributed by atoms with E-state index in [0.717, 1.165) is 18.9 Å². The molecule has 0 heterocycles. The van der Waals surface area contributed by atoms with E-state index in [1.165, 1.54) is 48.9 Å². The third kappa shape index (κ3) is 2.70. The molecule has 3 rings (SSSR count). The molecule has 0 radical (unpaired) electrons. The summed E-state index contributed by atoms with van der Waals surface area (Å²) in [5.41, 5.74) is 10.4. The molecule has 1 saturated carbocycles. The van der Waals surface area contributed by atoms with Crippen LogP contribution in [0.4, 0.5) is 0 Å². The van der Waals surface area contributed by atoms with Gasteiger partial charge in [0.15, 0.2) is 0 Å². The van der Waals surface area contributed by atoms with E-state index in [4.69, 9.17) is 5.73 Å². The van der Waals surface area contributed by atoms with Gasteiger partial charge in [-0.25, -0.2) is 0 Å². The van der Waals surface area contributed by atoms with Crippen molar-refractivity contribution in [3.63, 3.8) is 0 Å². The first-order valence-electron chi connectivity index (χ1n) is 6.91. The minimum absolute atomic E-state index is 0.271. The minimum atomic E-state index is 0.271. The standard InChI is InChI=1S/C15H22N2/c16-15-3-1-2-13-8-12(6-7-14(13)15)10-17-9-11-4-5-11/h6-8,11,15,17H,1-5,9-10,16H2. The average molecular weight is 230 g/mol. The van der Waals surface area contributed by atoms with Gasteiger partial charge in [0.1, 0.15) is 0 Å². The number of nitrogens with one attached hydrogen (secondary N) is 1. The van der Waals surface area contributed by atoms with Crippen molar-refractivity contribution >= 4 is 0 Å². The molecular formula is C15H22N2. The second-order valence-corrected chi connectivity index (χ2v) is 5.61. The van der Waals surface area contributed by atoms with Crippen LogP contribution >= 0.6 is 0 Å². The minimum Gasteiger partial charge on any atom is -0.324 e. The van der Waals surface area contributed by atoms with Crippen LogP contribution in [0.5, 0.6) is 0 Å². The second-order valence-electron chi connectivity index (χ2n) is 5.61. The Morgan fingerprint density at radius 1 is 1.24 bits per heavy atom. The van der Waals surface area contributed by atoms with E-state index < -0.39 is 0 Å². The van der Waals surface area contributed by atoms with Crippen LogP contribution in [-0.4, -0.2) is 6.54 Å². The fourth-order valence-corrected chi connectivity index (χ4v) is 2.76. The van der Waals surface area contributed by atoms with Gasteiger partial charge in [0.05, 0.1) is 0 Å². The lowest BCUT2D eigenvalue weighted by Gasteiger charge is -2.22. The number of hydrogen-bond donors (Lipinski definition) is 2. The molecule has 1 aromatic rings. The molecule has 0 aliphatic heterocycles. The first-order valence-corrected chi connectivity index (χ1v) is 6.91. The molecule has 2 aliphatic rings. The fraction of sp³-hybridized carbons (Fsp3) is 0.600. The maximum Gasteiger partial charge on any atom is 0.0297 e. The van der Waals surface area contributed by atoms with Crippen LogP contribution in [0.25, 0.3) is 0 Å². The van der Waals surface area contributed by atoms with Crippen molar-refractivity contribution < 1.29 is 0 Å². The molecule has 2 aliphatic carbocycles. The number of fused-ring (bicyclic) bond motifs is 1. The predicted molar refractivity (Wildman–Crippen MR) is 70.7 cm³/mol. The van der Waals surface area contributed by atoms with Crippen molar-refractivity contribution in [1.29, 1.82) is 0 Å². The highest BCUT2D eigenvalue weighted by Gasteiger charge is 2.20. The fourth-order valence-electron chi connectivity index (χ4n) is 2.76.